The molecule has 2 aliphatic heterocycles. The van der Waals surface area contributed by atoms with Gasteiger partial charge in [0.2, 0.25) is 0 Å². The van der Waals surface area contributed by atoms with Crippen LogP contribution >= 0.6 is 0 Å². The van der Waals surface area contributed by atoms with Gasteiger partial charge in [-0.25, -0.2) is 0 Å². The molecule has 2 aromatic carbocycles. The zero-order valence-electron chi connectivity index (χ0n) is 22.5. The number of aliphatic carboxylic acids is 1. The number of alkyl halides is 6. The molecule has 2 atom stereocenters. The summed E-state index contributed by atoms with van der Waals surface area (Å²) in [7, 11) is 0. The molecule has 1 saturated heterocycles. The Morgan fingerprint density at radius 2 is 1.70 bits per heavy atom. The first kappa shape index (κ1) is 31.2. The Labute approximate surface area is 251 Å². The van der Waals surface area contributed by atoms with Crippen LogP contribution in [0.3, 0.4) is 0 Å². The number of piperidine rings is 1. The van der Waals surface area contributed by atoms with Gasteiger partial charge >= 0.3 is 41.9 Å². The maximum absolute atomic E-state index is 13.5. The van der Waals surface area contributed by atoms with E-state index in [9.17, 15) is 36.2 Å². The summed E-state index contributed by atoms with van der Waals surface area (Å²) in [6.45, 7) is 2.20. The van der Waals surface area contributed by atoms with Gasteiger partial charge in [0.15, 0.2) is 0 Å². The number of carboxylic acid groups (broad SMARTS) is 1. The number of carbonyl (C=O) groups excluding carboxylic acids is 1. The second kappa shape index (κ2) is 11.5. The van der Waals surface area contributed by atoms with Crippen molar-refractivity contribution in [2.24, 2.45) is 11.8 Å². The number of rotatable bonds is 6. The number of fused-ring (bicyclic) bond motifs is 1. The topological polar surface area (TPSA) is 52.6 Å². The SMILES string of the molecule is C[C@H](C(=O)[O-])[C@H](c1ccc2c(c1)OC1(CC2)CCN(Cc2cc(C(F)(F)F)ccc2C(F)(F)F)CC1)C1CC1.[Na+]. The van der Waals surface area contributed by atoms with Gasteiger partial charge in [-0.15, -0.1) is 0 Å². The minimum atomic E-state index is -4.75. The fraction of sp³-hybridized carbons (Fsp3) is 0.552. The van der Waals surface area contributed by atoms with Crippen molar-refractivity contribution < 1.29 is 70.5 Å². The van der Waals surface area contributed by atoms with Crippen molar-refractivity contribution in [2.45, 2.75) is 75.9 Å². The van der Waals surface area contributed by atoms with Gasteiger partial charge < -0.3 is 14.6 Å². The molecule has 2 fully saturated rings. The maximum atomic E-state index is 13.5. The van der Waals surface area contributed by atoms with Crippen molar-refractivity contribution in [1.82, 2.24) is 4.90 Å². The minimum absolute atomic E-state index is 0. The normalized spacial score (nSPS) is 20.7. The van der Waals surface area contributed by atoms with E-state index in [0.29, 0.717) is 55.8 Å². The second-order valence-electron chi connectivity index (χ2n) is 11.3. The molecule has 1 spiro atoms. The van der Waals surface area contributed by atoms with Gasteiger partial charge in [-0.3, -0.25) is 4.90 Å². The van der Waals surface area contributed by atoms with Crippen LogP contribution in [-0.2, 0) is 30.1 Å². The van der Waals surface area contributed by atoms with Crippen LogP contribution in [0.5, 0.6) is 5.75 Å². The Kier molecular flexibility index (Phi) is 8.97. The van der Waals surface area contributed by atoms with Crippen molar-refractivity contribution in [1.29, 1.82) is 0 Å². The Morgan fingerprint density at radius 3 is 2.27 bits per heavy atom. The largest absolute Gasteiger partial charge is 1.00 e. The van der Waals surface area contributed by atoms with Crippen LogP contribution in [-0.4, -0.2) is 29.6 Å². The molecule has 3 aliphatic rings. The van der Waals surface area contributed by atoms with Gasteiger partial charge in [0.1, 0.15) is 11.4 Å². The number of nitrogens with zero attached hydrogens (tertiary/aromatic N) is 1. The summed E-state index contributed by atoms with van der Waals surface area (Å²) in [5.41, 5.74) is -1.12. The molecule has 4 nitrogen and oxygen atoms in total. The Bertz CT molecular complexity index is 1240. The molecular weight excluding hydrogens is 547 g/mol. The Balaban J connectivity index is 0.00000370. The third-order valence-corrected chi connectivity index (χ3v) is 8.59. The van der Waals surface area contributed by atoms with E-state index in [-0.39, 0.29) is 47.6 Å². The average Bonchev–Trinajstić information content (AvgIpc) is 3.69. The number of aryl methyl sites for hydroxylation is 1. The molecule has 2 heterocycles. The van der Waals surface area contributed by atoms with E-state index in [0.717, 1.165) is 36.8 Å². The Hall–Kier alpha value is -1.75. The molecule has 5 rings (SSSR count). The number of carbonyl (C=O) groups is 1. The quantitative estimate of drug-likeness (QED) is 0.392. The molecule has 11 heteroatoms. The Morgan fingerprint density at radius 1 is 1.02 bits per heavy atom. The van der Waals surface area contributed by atoms with Gasteiger partial charge in [0.25, 0.3) is 0 Å². The van der Waals surface area contributed by atoms with Gasteiger partial charge in [-0.2, -0.15) is 26.3 Å². The van der Waals surface area contributed by atoms with Gasteiger partial charge in [0.05, 0.1) is 11.1 Å². The zero-order valence-corrected chi connectivity index (χ0v) is 24.5. The van der Waals surface area contributed by atoms with Gasteiger partial charge in [0, 0.05) is 31.5 Å². The van der Waals surface area contributed by atoms with Crippen molar-refractivity contribution in [3.05, 3.63) is 64.2 Å². The predicted octanol–water partition coefficient (Wildman–Crippen LogP) is 2.97. The number of ether oxygens (including phenoxy) is 1. The molecule has 0 aromatic heterocycles. The molecule has 212 valence electrons. The van der Waals surface area contributed by atoms with Crippen molar-refractivity contribution in [3.63, 3.8) is 0 Å². The number of hydrogen-bond donors (Lipinski definition) is 0. The second-order valence-corrected chi connectivity index (χ2v) is 11.3. The summed E-state index contributed by atoms with van der Waals surface area (Å²) in [5.74, 6) is -0.855. The molecule has 0 bridgehead atoms. The van der Waals surface area contributed by atoms with Crippen LogP contribution < -0.4 is 39.4 Å². The molecule has 0 N–H and O–H groups in total. The summed E-state index contributed by atoms with van der Waals surface area (Å²) in [6, 6.07) is 7.48. The molecule has 0 unspecified atom stereocenters. The number of likely N-dealkylation sites (tertiary alicyclic amines) is 1. The van der Waals surface area contributed by atoms with E-state index in [1.54, 1.807) is 11.8 Å². The molecular formula is C29H30F6NNaO3. The third kappa shape index (κ3) is 6.66. The zero-order chi connectivity index (χ0) is 28.2. The van der Waals surface area contributed by atoms with Crippen LogP contribution in [0.15, 0.2) is 36.4 Å². The first-order chi connectivity index (χ1) is 18.3. The van der Waals surface area contributed by atoms with Crippen LogP contribution in [0.25, 0.3) is 0 Å². The van der Waals surface area contributed by atoms with Gasteiger partial charge in [-0.05, 0) is 91.3 Å². The minimum Gasteiger partial charge on any atom is -0.550 e. The average molecular weight is 578 g/mol. The van der Waals surface area contributed by atoms with E-state index in [4.69, 9.17) is 4.74 Å². The van der Waals surface area contributed by atoms with Crippen LogP contribution in [0.1, 0.15) is 72.8 Å². The summed E-state index contributed by atoms with van der Waals surface area (Å²) in [5, 5.41) is 11.6. The summed E-state index contributed by atoms with van der Waals surface area (Å²) in [6.07, 6.45) is -5.00. The van der Waals surface area contributed by atoms with Crippen LogP contribution in [0.2, 0.25) is 0 Å². The first-order valence-electron chi connectivity index (χ1n) is 13.3. The summed E-state index contributed by atoms with van der Waals surface area (Å²) in [4.78, 5) is 13.4. The van der Waals surface area contributed by atoms with Crippen LogP contribution in [0, 0.1) is 11.8 Å². The van der Waals surface area contributed by atoms with Crippen molar-refractivity contribution in [3.8, 4) is 5.75 Å². The molecule has 1 saturated carbocycles. The van der Waals surface area contributed by atoms with Gasteiger partial charge in [-0.1, -0.05) is 19.1 Å². The van der Waals surface area contributed by atoms with Crippen LogP contribution in [0.4, 0.5) is 26.3 Å². The van der Waals surface area contributed by atoms with E-state index in [1.807, 2.05) is 18.2 Å². The molecule has 40 heavy (non-hydrogen) atoms. The smallest absolute Gasteiger partial charge is 0.550 e. The van der Waals surface area contributed by atoms with Crippen molar-refractivity contribution >= 4 is 5.97 Å². The third-order valence-electron chi connectivity index (χ3n) is 8.59. The summed E-state index contributed by atoms with van der Waals surface area (Å²) < 4.78 is 86.7. The molecule has 1 aliphatic carbocycles. The molecule has 0 amide bonds. The van der Waals surface area contributed by atoms with Crippen molar-refractivity contribution in [2.75, 3.05) is 13.1 Å². The standard InChI is InChI=1S/C29H31F6NO3.Na/c1-17(26(37)38)25(19-3-4-19)20-5-2-18-8-9-27(39-24(18)15-20)10-12-36(13-11-27)16-21-14-22(28(30,31)32)6-7-23(21)29(33,34)35;/h2,5-7,14-15,17,19,25H,3-4,8-13,16H2,1H3,(H,37,38);/q;+1/p-1/t17-,25-;/m0./s1. The first-order valence-corrected chi connectivity index (χ1v) is 13.3. The van der Waals surface area contributed by atoms with E-state index in [2.05, 4.69) is 0 Å². The number of benzene rings is 2. The monoisotopic (exact) mass is 577 g/mol. The number of hydrogen-bond acceptors (Lipinski definition) is 4. The van der Waals surface area contributed by atoms with E-state index < -0.39 is 41.0 Å². The fourth-order valence-electron chi connectivity index (χ4n) is 6.19. The van der Waals surface area contributed by atoms with E-state index in [1.165, 1.54) is 0 Å². The maximum Gasteiger partial charge on any atom is 1.00 e. The number of halogens is 6. The predicted molar refractivity (Wildman–Crippen MR) is 129 cm³/mol. The summed E-state index contributed by atoms with van der Waals surface area (Å²) >= 11 is 0. The fourth-order valence-corrected chi connectivity index (χ4v) is 6.19. The van der Waals surface area contributed by atoms with E-state index >= 15 is 0 Å². The molecule has 0 radical (unpaired) electrons. The molecule has 2 aromatic rings. The number of carboxylic acids is 1.